The summed E-state index contributed by atoms with van der Waals surface area (Å²) >= 11 is 5.98. The van der Waals surface area contributed by atoms with Gasteiger partial charge in [0.1, 0.15) is 0 Å². The zero-order chi connectivity index (χ0) is 15.4. The molecule has 0 spiro atoms. The molecule has 2 aromatic rings. The van der Waals surface area contributed by atoms with Crippen LogP contribution >= 0.6 is 11.6 Å². The third-order valence-corrected chi connectivity index (χ3v) is 3.73. The van der Waals surface area contributed by atoms with Crippen molar-refractivity contribution in [1.29, 1.82) is 0 Å². The molecule has 0 aliphatic heterocycles. The highest BCUT2D eigenvalue weighted by molar-refractivity contribution is 6.31. The van der Waals surface area contributed by atoms with E-state index < -0.39 is 0 Å². The van der Waals surface area contributed by atoms with Crippen molar-refractivity contribution in [2.24, 2.45) is 0 Å². The van der Waals surface area contributed by atoms with Crippen LogP contribution in [0.2, 0.25) is 5.02 Å². The monoisotopic (exact) mass is 299 g/mol. The van der Waals surface area contributed by atoms with E-state index in [4.69, 9.17) is 11.6 Å². The first-order valence-electron chi connectivity index (χ1n) is 6.78. The number of carbonyl (C=O) groups is 1. The first kappa shape index (κ1) is 15.3. The second-order valence-electron chi connectivity index (χ2n) is 5.12. The molecule has 0 heterocycles. The topological polar surface area (TPSA) is 29.1 Å². The third-order valence-electron chi connectivity index (χ3n) is 3.30. The van der Waals surface area contributed by atoms with Crippen molar-refractivity contribution in [2.45, 2.75) is 20.8 Å². The number of rotatable bonds is 4. The number of hydrogen-bond donors (Lipinski definition) is 1. The van der Waals surface area contributed by atoms with Gasteiger partial charge in [-0.1, -0.05) is 29.3 Å². The zero-order valence-corrected chi connectivity index (χ0v) is 13.2. The Labute approximate surface area is 130 Å². The molecular weight excluding hydrogens is 282 g/mol. The highest BCUT2D eigenvalue weighted by atomic mass is 35.5. The van der Waals surface area contributed by atoms with Gasteiger partial charge in [0.15, 0.2) is 5.78 Å². The van der Waals surface area contributed by atoms with E-state index in [2.05, 4.69) is 5.32 Å². The third kappa shape index (κ3) is 3.96. The summed E-state index contributed by atoms with van der Waals surface area (Å²) in [5.74, 6) is -0.00520. The van der Waals surface area contributed by atoms with Crippen LogP contribution in [0.15, 0.2) is 48.7 Å². The van der Waals surface area contributed by atoms with Gasteiger partial charge in [0, 0.05) is 28.5 Å². The lowest BCUT2D eigenvalue weighted by atomic mass is 10.0. The highest BCUT2D eigenvalue weighted by Gasteiger charge is 2.05. The molecule has 0 amide bonds. The van der Waals surface area contributed by atoms with Crippen molar-refractivity contribution in [3.8, 4) is 0 Å². The minimum atomic E-state index is -0.00520. The van der Waals surface area contributed by atoms with E-state index in [1.165, 1.54) is 0 Å². The molecule has 0 saturated heterocycles. The van der Waals surface area contributed by atoms with Crippen molar-refractivity contribution < 1.29 is 4.79 Å². The number of hydrogen-bond acceptors (Lipinski definition) is 2. The fourth-order valence-electron chi connectivity index (χ4n) is 2.04. The van der Waals surface area contributed by atoms with Crippen molar-refractivity contribution in [2.75, 3.05) is 5.32 Å². The number of aryl methyl sites for hydroxylation is 3. The minimum Gasteiger partial charge on any atom is -0.362 e. The Kier molecular flexibility index (Phi) is 4.81. The lowest BCUT2D eigenvalue weighted by Gasteiger charge is -2.05. The van der Waals surface area contributed by atoms with Crippen molar-refractivity contribution in [3.63, 3.8) is 0 Å². The van der Waals surface area contributed by atoms with E-state index in [1.54, 1.807) is 12.3 Å². The smallest absolute Gasteiger partial charge is 0.187 e. The van der Waals surface area contributed by atoms with Crippen LogP contribution < -0.4 is 5.32 Å². The van der Waals surface area contributed by atoms with Gasteiger partial charge >= 0.3 is 0 Å². The Balaban J connectivity index is 2.08. The van der Waals surface area contributed by atoms with Crippen LogP contribution in [-0.2, 0) is 0 Å². The number of carbonyl (C=O) groups excluding carboxylic acids is 1. The van der Waals surface area contributed by atoms with Crippen LogP contribution in [0.3, 0.4) is 0 Å². The van der Waals surface area contributed by atoms with Crippen LogP contribution in [0.1, 0.15) is 27.0 Å². The van der Waals surface area contributed by atoms with Crippen molar-refractivity contribution >= 4 is 23.1 Å². The number of benzene rings is 2. The highest BCUT2D eigenvalue weighted by Crippen LogP contribution is 2.19. The standard InChI is InChI=1S/C18H18ClNO/c1-12-4-5-13(2)16(10-12)18(21)8-9-20-15-6-7-17(19)14(3)11-15/h4-11,20H,1-3H3/b9-8+. The quantitative estimate of drug-likeness (QED) is 0.630. The van der Waals surface area contributed by atoms with Gasteiger partial charge in [-0.2, -0.15) is 0 Å². The van der Waals surface area contributed by atoms with Gasteiger partial charge in [0.05, 0.1) is 0 Å². The SMILES string of the molecule is Cc1ccc(C)c(C(=O)/C=C/Nc2ccc(Cl)c(C)c2)c1. The van der Waals surface area contributed by atoms with E-state index in [9.17, 15) is 4.79 Å². The molecule has 0 aliphatic carbocycles. The Morgan fingerprint density at radius 2 is 1.81 bits per heavy atom. The van der Waals surface area contributed by atoms with Crippen LogP contribution in [0.25, 0.3) is 0 Å². The maximum absolute atomic E-state index is 12.2. The second-order valence-corrected chi connectivity index (χ2v) is 5.53. The largest absolute Gasteiger partial charge is 0.362 e. The van der Waals surface area contributed by atoms with Crippen LogP contribution in [-0.4, -0.2) is 5.78 Å². The average Bonchev–Trinajstić information content (AvgIpc) is 2.45. The lowest BCUT2D eigenvalue weighted by Crippen LogP contribution is -2.00. The first-order chi connectivity index (χ1) is 9.97. The van der Waals surface area contributed by atoms with E-state index in [-0.39, 0.29) is 5.78 Å². The molecule has 108 valence electrons. The number of ketones is 1. The summed E-state index contributed by atoms with van der Waals surface area (Å²) in [4.78, 5) is 12.2. The summed E-state index contributed by atoms with van der Waals surface area (Å²) in [5, 5.41) is 3.82. The Morgan fingerprint density at radius 3 is 2.52 bits per heavy atom. The zero-order valence-electron chi connectivity index (χ0n) is 12.4. The van der Waals surface area contributed by atoms with Crippen molar-refractivity contribution in [1.82, 2.24) is 0 Å². The molecule has 0 radical (unpaired) electrons. The predicted molar refractivity (Wildman–Crippen MR) is 89.2 cm³/mol. The fraction of sp³-hybridized carbons (Fsp3) is 0.167. The summed E-state index contributed by atoms with van der Waals surface area (Å²) < 4.78 is 0. The second kappa shape index (κ2) is 6.59. The normalized spacial score (nSPS) is 10.9. The molecule has 21 heavy (non-hydrogen) atoms. The van der Waals surface area contributed by atoms with Gasteiger partial charge in [-0.15, -0.1) is 0 Å². The Morgan fingerprint density at radius 1 is 1.05 bits per heavy atom. The van der Waals surface area contributed by atoms with Gasteiger partial charge < -0.3 is 5.32 Å². The molecule has 1 N–H and O–H groups in total. The van der Waals surface area contributed by atoms with Gasteiger partial charge in [-0.3, -0.25) is 4.79 Å². The molecule has 2 rings (SSSR count). The van der Waals surface area contributed by atoms with Crippen LogP contribution in [0, 0.1) is 20.8 Å². The fourth-order valence-corrected chi connectivity index (χ4v) is 2.16. The van der Waals surface area contributed by atoms with Crippen LogP contribution in [0.4, 0.5) is 5.69 Å². The molecule has 0 saturated carbocycles. The summed E-state index contributed by atoms with van der Waals surface area (Å²) in [6.45, 7) is 5.86. The van der Waals surface area contributed by atoms with Gasteiger partial charge in [0.2, 0.25) is 0 Å². The van der Waals surface area contributed by atoms with Gasteiger partial charge in [0.25, 0.3) is 0 Å². The molecule has 0 atom stereocenters. The number of nitrogens with one attached hydrogen (secondary N) is 1. The Hall–Kier alpha value is -2.06. The maximum Gasteiger partial charge on any atom is 0.187 e. The molecule has 0 fully saturated rings. The number of anilines is 1. The number of halogens is 1. The van der Waals surface area contributed by atoms with Crippen LogP contribution in [0.5, 0.6) is 0 Å². The minimum absolute atomic E-state index is 0.00520. The lowest BCUT2D eigenvalue weighted by molar-refractivity contribution is 0.104. The molecule has 2 aromatic carbocycles. The number of allylic oxidation sites excluding steroid dienone is 1. The first-order valence-corrected chi connectivity index (χ1v) is 7.16. The molecule has 3 heteroatoms. The van der Waals surface area contributed by atoms with Gasteiger partial charge in [-0.05, 0) is 56.2 Å². The van der Waals surface area contributed by atoms with E-state index in [1.807, 2.05) is 57.2 Å². The molecule has 0 unspecified atom stereocenters. The molecule has 0 bridgehead atoms. The van der Waals surface area contributed by atoms with Gasteiger partial charge in [-0.25, -0.2) is 0 Å². The Bertz CT molecular complexity index is 704. The summed E-state index contributed by atoms with van der Waals surface area (Å²) in [7, 11) is 0. The molecule has 0 aliphatic rings. The summed E-state index contributed by atoms with van der Waals surface area (Å²) in [5.41, 5.74) is 4.70. The van der Waals surface area contributed by atoms with Crippen molar-refractivity contribution in [3.05, 3.63) is 76.0 Å². The molecule has 2 nitrogen and oxygen atoms in total. The average molecular weight is 300 g/mol. The summed E-state index contributed by atoms with van der Waals surface area (Å²) in [6, 6.07) is 11.5. The predicted octanol–water partition coefficient (Wildman–Crippen LogP) is 5.07. The van der Waals surface area contributed by atoms with E-state index >= 15 is 0 Å². The molecular formula is C18H18ClNO. The maximum atomic E-state index is 12.2. The summed E-state index contributed by atoms with van der Waals surface area (Å²) in [6.07, 6.45) is 3.21. The van der Waals surface area contributed by atoms with E-state index in [0.29, 0.717) is 0 Å². The molecule has 0 aromatic heterocycles. The van der Waals surface area contributed by atoms with E-state index in [0.717, 1.165) is 33.0 Å².